The molecule has 108 valence electrons. The Labute approximate surface area is 122 Å². The Balaban J connectivity index is 2.07. The van der Waals surface area contributed by atoms with E-state index in [1.165, 1.54) is 10.7 Å². The summed E-state index contributed by atoms with van der Waals surface area (Å²) in [5.74, 6) is 4.78. The number of nitrogens with one attached hydrogen (secondary N) is 1. The smallest absolute Gasteiger partial charge is 0.272 e. The second kappa shape index (κ2) is 6.68. The minimum atomic E-state index is -0.394. The molecular weight excluding hydrogens is 271 g/mol. The van der Waals surface area contributed by atoms with E-state index in [9.17, 15) is 9.18 Å². The molecule has 0 fully saturated rings. The molecule has 0 bridgehead atoms. The lowest BCUT2D eigenvalue weighted by molar-refractivity contribution is 0.0945. The molecular formula is C15H15FN4O. The summed E-state index contributed by atoms with van der Waals surface area (Å²) >= 11 is 0. The number of rotatable bonds is 3. The van der Waals surface area contributed by atoms with Crippen molar-refractivity contribution in [1.82, 2.24) is 15.1 Å². The van der Waals surface area contributed by atoms with Crippen molar-refractivity contribution >= 4 is 5.91 Å². The standard InChI is InChI=1S/C15H15FN4O/c1-20-8-6-14(19-20)15(21)18-10-12-9-11(3-2-7-17)4-5-13(12)16/h4-6,8-9H,7,10,17H2,1H3,(H,18,21). The molecule has 1 aromatic heterocycles. The number of nitrogens with zero attached hydrogens (tertiary/aromatic N) is 2. The number of carbonyl (C=O) groups is 1. The Bertz CT molecular complexity index is 712. The summed E-state index contributed by atoms with van der Waals surface area (Å²) in [4.78, 5) is 11.8. The van der Waals surface area contributed by atoms with Gasteiger partial charge < -0.3 is 11.1 Å². The number of hydrogen-bond acceptors (Lipinski definition) is 3. The summed E-state index contributed by atoms with van der Waals surface area (Å²) in [5, 5.41) is 6.60. The molecule has 3 N–H and O–H groups in total. The average Bonchev–Trinajstić information content (AvgIpc) is 2.91. The fraction of sp³-hybridized carbons (Fsp3) is 0.200. The second-order valence-corrected chi connectivity index (χ2v) is 4.37. The topological polar surface area (TPSA) is 72.9 Å². The van der Waals surface area contributed by atoms with Gasteiger partial charge in [-0.1, -0.05) is 11.8 Å². The number of aryl methyl sites for hydroxylation is 1. The molecule has 21 heavy (non-hydrogen) atoms. The Kier molecular flexibility index (Phi) is 4.69. The Morgan fingerprint density at radius 2 is 2.29 bits per heavy atom. The third kappa shape index (κ3) is 3.91. The summed E-state index contributed by atoms with van der Waals surface area (Å²) in [7, 11) is 1.72. The van der Waals surface area contributed by atoms with E-state index in [4.69, 9.17) is 5.73 Å². The van der Waals surface area contributed by atoms with Crippen molar-refractivity contribution in [1.29, 1.82) is 0 Å². The second-order valence-electron chi connectivity index (χ2n) is 4.37. The van der Waals surface area contributed by atoms with E-state index in [0.717, 1.165) is 0 Å². The fourth-order valence-electron chi connectivity index (χ4n) is 1.74. The fourth-order valence-corrected chi connectivity index (χ4v) is 1.74. The number of aromatic nitrogens is 2. The monoisotopic (exact) mass is 286 g/mol. The summed E-state index contributed by atoms with van der Waals surface area (Å²) in [6.07, 6.45) is 1.67. The minimum Gasteiger partial charge on any atom is -0.346 e. The highest BCUT2D eigenvalue weighted by atomic mass is 19.1. The van der Waals surface area contributed by atoms with Gasteiger partial charge in [-0.05, 0) is 24.3 Å². The normalized spacial score (nSPS) is 9.86. The van der Waals surface area contributed by atoms with Crippen molar-refractivity contribution in [3.05, 3.63) is 53.1 Å². The molecule has 0 aliphatic rings. The number of halogens is 1. The number of benzene rings is 1. The largest absolute Gasteiger partial charge is 0.346 e. The van der Waals surface area contributed by atoms with Gasteiger partial charge in [-0.2, -0.15) is 5.10 Å². The zero-order valence-corrected chi connectivity index (χ0v) is 11.6. The van der Waals surface area contributed by atoms with E-state index in [1.54, 1.807) is 31.4 Å². The predicted octanol–water partition coefficient (Wildman–Crippen LogP) is 0.799. The van der Waals surface area contributed by atoms with E-state index in [1.807, 2.05) is 0 Å². The maximum Gasteiger partial charge on any atom is 0.272 e. The lowest BCUT2D eigenvalue weighted by Crippen LogP contribution is -2.24. The van der Waals surface area contributed by atoms with Gasteiger partial charge in [0.05, 0.1) is 6.54 Å². The summed E-state index contributed by atoms with van der Waals surface area (Å²) in [5.41, 5.74) is 6.60. The minimum absolute atomic E-state index is 0.0688. The van der Waals surface area contributed by atoms with Gasteiger partial charge in [0.15, 0.2) is 0 Å². The molecule has 2 rings (SSSR count). The van der Waals surface area contributed by atoms with Crippen molar-refractivity contribution in [3.8, 4) is 11.8 Å². The maximum atomic E-state index is 13.7. The summed E-state index contributed by atoms with van der Waals surface area (Å²) in [6, 6.07) is 6.08. The quantitative estimate of drug-likeness (QED) is 0.820. The third-order valence-corrected chi connectivity index (χ3v) is 2.77. The van der Waals surface area contributed by atoms with E-state index < -0.39 is 5.82 Å². The van der Waals surface area contributed by atoms with Gasteiger partial charge in [0.2, 0.25) is 0 Å². The molecule has 0 spiro atoms. The lowest BCUT2D eigenvalue weighted by Gasteiger charge is -2.05. The van der Waals surface area contributed by atoms with Crippen molar-refractivity contribution in [2.24, 2.45) is 12.8 Å². The Morgan fingerprint density at radius 3 is 2.95 bits per heavy atom. The molecule has 0 saturated carbocycles. The molecule has 0 saturated heterocycles. The molecule has 1 aromatic carbocycles. The highest BCUT2D eigenvalue weighted by Crippen LogP contribution is 2.10. The molecule has 0 radical (unpaired) electrons. The average molecular weight is 286 g/mol. The maximum absolute atomic E-state index is 13.7. The van der Waals surface area contributed by atoms with Crippen LogP contribution in [0.1, 0.15) is 21.6 Å². The zero-order valence-electron chi connectivity index (χ0n) is 11.6. The molecule has 0 unspecified atom stereocenters. The van der Waals surface area contributed by atoms with E-state index in [-0.39, 0.29) is 24.7 Å². The van der Waals surface area contributed by atoms with Crippen LogP contribution < -0.4 is 11.1 Å². The highest BCUT2D eigenvalue weighted by molar-refractivity contribution is 5.92. The van der Waals surface area contributed by atoms with Crippen LogP contribution in [-0.2, 0) is 13.6 Å². The molecule has 0 atom stereocenters. The number of hydrogen-bond donors (Lipinski definition) is 2. The zero-order chi connectivity index (χ0) is 15.2. The lowest BCUT2D eigenvalue weighted by atomic mass is 10.1. The summed E-state index contributed by atoms with van der Waals surface area (Å²) < 4.78 is 15.2. The van der Waals surface area contributed by atoms with Crippen LogP contribution in [0.5, 0.6) is 0 Å². The molecule has 1 heterocycles. The first-order valence-corrected chi connectivity index (χ1v) is 6.35. The first-order chi connectivity index (χ1) is 10.1. The SMILES string of the molecule is Cn1ccc(C(=O)NCc2cc(C#CCN)ccc2F)n1. The van der Waals surface area contributed by atoms with Gasteiger partial charge in [-0.3, -0.25) is 9.48 Å². The molecule has 6 heteroatoms. The number of nitrogens with two attached hydrogens (primary N) is 1. The van der Waals surface area contributed by atoms with Crippen LogP contribution in [0.15, 0.2) is 30.5 Å². The molecule has 0 aliphatic carbocycles. The first-order valence-electron chi connectivity index (χ1n) is 6.35. The van der Waals surface area contributed by atoms with Crippen molar-refractivity contribution in [2.75, 3.05) is 6.54 Å². The molecule has 0 aliphatic heterocycles. The van der Waals surface area contributed by atoms with Crippen molar-refractivity contribution < 1.29 is 9.18 Å². The van der Waals surface area contributed by atoms with Crippen LogP contribution in [-0.4, -0.2) is 22.2 Å². The van der Waals surface area contributed by atoms with Gasteiger partial charge in [0.25, 0.3) is 5.91 Å². The Morgan fingerprint density at radius 1 is 1.48 bits per heavy atom. The van der Waals surface area contributed by atoms with Crippen molar-refractivity contribution in [3.63, 3.8) is 0 Å². The van der Waals surface area contributed by atoms with Crippen LogP contribution in [0.25, 0.3) is 0 Å². The third-order valence-electron chi connectivity index (χ3n) is 2.77. The van der Waals surface area contributed by atoms with Gasteiger partial charge in [-0.25, -0.2) is 4.39 Å². The summed E-state index contributed by atoms with van der Waals surface area (Å²) in [6.45, 7) is 0.308. The van der Waals surface area contributed by atoms with Crippen LogP contribution in [0.2, 0.25) is 0 Å². The van der Waals surface area contributed by atoms with Crippen LogP contribution >= 0.6 is 0 Å². The number of amides is 1. The van der Waals surface area contributed by atoms with Crippen LogP contribution in [0.3, 0.4) is 0 Å². The number of carbonyl (C=O) groups excluding carboxylic acids is 1. The van der Waals surface area contributed by atoms with E-state index in [2.05, 4.69) is 22.3 Å². The first kappa shape index (κ1) is 14.8. The Hall–Kier alpha value is -2.65. The van der Waals surface area contributed by atoms with Gasteiger partial charge in [-0.15, -0.1) is 0 Å². The van der Waals surface area contributed by atoms with Gasteiger partial charge >= 0.3 is 0 Å². The van der Waals surface area contributed by atoms with Crippen LogP contribution in [0, 0.1) is 17.7 Å². The highest BCUT2D eigenvalue weighted by Gasteiger charge is 2.10. The van der Waals surface area contributed by atoms with E-state index in [0.29, 0.717) is 11.1 Å². The molecule has 2 aromatic rings. The van der Waals surface area contributed by atoms with Crippen molar-refractivity contribution in [2.45, 2.75) is 6.54 Å². The van der Waals surface area contributed by atoms with E-state index >= 15 is 0 Å². The van der Waals surface area contributed by atoms with Gasteiger partial charge in [0.1, 0.15) is 11.5 Å². The molecule has 5 nitrogen and oxygen atoms in total. The van der Waals surface area contributed by atoms with Gasteiger partial charge in [0, 0.05) is 30.9 Å². The van der Waals surface area contributed by atoms with Crippen LogP contribution in [0.4, 0.5) is 4.39 Å². The predicted molar refractivity (Wildman–Crippen MR) is 76.7 cm³/mol. The molecule has 1 amide bonds.